The van der Waals surface area contributed by atoms with E-state index in [1.165, 1.54) is 12.8 Å². The van der Waals surface area contributed by atoms with Crippen LogP contribution < -0.4 is 0 Å². The number of rotatable bonds is 2. The van der Waals surface area contributed by atoms with Gasteiger partial charge in [-0.1, -0.05) is 0 Å². The van der Waals surface area contributed by atoms with Crippen molar-refractivity contribution in [2.75, 3.05) is 6.61 Å². The Morgan fingerprint density at radius 3 is 3.18 bits per heavy atom. The van der Waals surface area contributed by atoms with E-state index in [0.717, 1.165) is 43.8 Å². The number of imidazole rings is 1. The van der Waals surface area contributed by atoms with Gasteiger partial charge in [-0.15, -0.1) is 0 Å². The molecule has 3 rings (SSSR count). The normalized spacial score (nSPS) is 29.0. The Balaban J connectivity index is 1.67. The van der Waals surface area contributed by atoms with Crippen molar-refractivity contribution in [3.63, 3.8) is 0 Å². The van der Waals surface area contributed by atoms with Gasteiger partial charge in [0.2, 0.25) is 0 Å². The summed E-state index contributed by atoms with van der Waals surface area (Å²) in [5, 5.41) is 9.61. The highest BCUT2D eigenvalue weighted by Crippen LogP contribution is 2.19. The van der Waals surface area contributed by atoms with Crippen molar-refractivity contribution in [1.29, 1.82) is 0 Å². The number of aryl methyl sites for hydroxylation is 1. The van der Waals surface area contributed by atoms with E-state index in [1.54, 1.807) is 0 Å². The zero-order chi connectivity index (χ0) is 11.7. The quantitative estimate of drug-likeness (QED) is 0.842. The Bertz CT molecular complexity index is 383. The minimum atomic E-state index is -0.199. The molecule has 2 aliphatic rings. The summed E-state index contributed by atoms with van der Waals surface area (Å²) in [6.45, 7) is 1.60. The Morgan fingerprint density at radius 2 is 2.35 bits per heavy atom. The molecule has 1 aromatic heterocycles. The van der Waals surface area contributed by atoms with E-state index < -0.39 is 0 Å². The number of ether oxygens (including phenoxy) is 1. The molecule has 1 aromatic rings. The fourth-order valence-electron chi connectivity index (χ4n) is 2.78. The van der Waals surface area contributed by atoms with E-state index >= 15 is 0 Å². The van der Waals surface area contributed by atoms with E-state index in [9.17, 15) is 5.11 Å². The average Bonchev–Trinajstić information content (AvgIpc) is 2.71. The third kappa shape index (κ3) is 2.53. The van der Waals surface area contributed by atoms with Crippen molar-refractivity contribution >= 4 is 0 Å². The largest absolute Gasteiger partial charge is 0.391 e. The zero-order valence-electron chi connectivity index (χ0n) is 10.1. The lowest BCUT2D eigenvalue weighted by Gasteiger charge is -2.21. The molecule has 94 valence electrons. The second-order valence-electron chi connectivity index (χ2n) is 5.19. The fourth-order valence-corrected chi connectivity index (χ4v) is 2.78. The molecule has 0 aliphatic carbocycles. The molecule has 1 fully saturated rings. The number of nitrogens with zero attached hydrogens (tertiary/aromatic N) is 2. The van der Waals surface area contributed by atoms with E-state index in [-0.39, 0.29) is 6.10 Å². The highest BCUT2D eigenvalue weighted by Gasteiger charge is 2.20. The van der Waals surface area contributed by atoms with Gasteiger partial charge in [-0.05, 0) is 25.7 Å². The van der Waals surface area contributed by atoms with Crippen molar-refractivity contribution < 1.29 is 9.84 Å². The van der Waals surface area contributed by atoms with Gasteiger partial charge < -0.3 is 14.4 Å². The molecule has 2 aliphatic heterocycles. The number of aromatic nitrogens is 2. The maximum absolute atomic E-state index is 9.61. The maximum atomic E-state index is 9.61. The van der Waals surface area contributed by atoms with Gasteiger partial charge >= 0.3 is 0 Å². The standard InChI is InChI=1S/C13H20N2O2/c16-11-4-5-13-14-10(8-15(13)9-11)7-12-3-1-2-6-17-12/h8,11-12,16H,1-7,9H2. The van der Waals surface area contributed by atoms with E-state index in [2.05, 4.69) is 15.7 Å². The van der Waals surface area contributed by atoms with Crippen molar-refractivity contribution in [2.24, 2.45) is 0 Å². The summed E-state index contributed by atoms with van der Waals surface area (Å²) in [6, 6.07) is 0. The lowest BCUT2D eigenvalue weighted by Crippen LogP contribution is -2.23. The Morgan fingerprint density at radius 1 is 1.41 bits per heavy atom. The molecule has 1 N–H and O–H groups in total. The molecule has 4 heteroatoms. The van der Waals surface area contributed by atoms with Gasteiger partial charge in [0, 0.05) is 32.2 Å². The first-order chi connectivity index (χ1) is 8.31. The smallest absolute Gasteiger partial charge is 0.109 e. The van der Waals surface area contributed by atoms with Gasteiger partial charge in [-0.2, -0.15) is 0 Å². The van der Waals surface area contributed by atoms with Gasteiger partial charge in [-0.25, -0.2) is 4.98 Å². The average molecular weight is 236 g/mol. The first kappa shape index (κ1) is 11.2. The van der Waals surface area contributed by atoms with Crippen molar-refractivity contribution in [1.82, 2.24) is 9.55 Å². The van der Waals surface area contributed by atoms with Gasteiger partial charge in [0.25, 0.3) is 0 Å². The van der Waals surface area contributed by atoms with E-state index in [0.29, 0.717) is 12.6 Å². The van der Waals surface area contributed by atoms with Crippen LogP contribution in [0.4, 0.5) is 0 Å². The molecule has 2 atom stereocenters. The minimum Gasteiger partial charge on any atom is -0.391 e. The molecule has 4 nitrogen and oxygen atoms in total. The number of hydrogen-bond donors (Lipinski definition) is 1. The second-order valence-corrected chi connectivity index (χ2v) is 5.19. The van der Waals surface area contributed by atoms with Crippen molar-refractivity contribution in [3.05, 3.63) is 17.7 Å². The number of aliphatic hydroxyl groups is 1. The van der Waals surface area contributed by atoms with E-state index in [1.807, 2.05) is 0 Å². The minimum absolute atomic E-state index is 0.199. The first-order valence-electron chi connectivity index (χ1n) is 6.66. The predicted octanol–water partition coefficient (Wildman–Crippen LogP) is 1.30. The van der Waals surface area contributed by atoms with Crippen molar-refractivity contribution in [2.45, 2.75) is 57.3 Å². The first-order valence-corrected chi connectivity index (χ1v) is 6.66. The highest BCUT2D eigenvalue weighted by atomic mass is 16.5. The number of aliphatic hydroxyl groups excluding tert-OH is 1. The van der Waals surface area contributed by atoms with Crippen LogP contribution in [0.3, 0.4) is 0 Å². The molecule has 0 amide bonds. The van der Waals surface area contributed by atoms with Crippen LogP contribution in [0.2, 0.25) is 0 Å². The molecule has 0 saturated carbocycles. The number of fused-ring (bicyclic) bond motifs is 1. The van der Waals surface area contributed by atoms with Gasteiger partial charge in [0.15, 0.2) is 0 Å². The summed E-state index contributed by atoms with van der Waals surface area (Å²) in [5.41, 5.74) is 1.13. The third-order valence-corrected chi connectivity index (χ3v) is 3.73. The molecule has 2 unspecified atom stereocenters. The zero-order valence-corrected chi connectivity index (χ0v) is 10.1. The number of hydrogen-bond acceptors (Lipinski definition) is 3. The van der Waals surface area contributed by atoms with Crippen LogP contribution >= 0.6 is 0 Å². The van der Waals surface area contributed by atoms with Gasteiger partial charge in [-0.3, -0.25) is 0 Å². The lowest BCUT2D eigenvalue weighted by molar-refractivity contribution is 0.0163. The monoisotopic (exact) mass is 236 g/mol. The van der Waals surface area contributed by atoms with Crippen LogP contribution in [-0.4, -0.2) is 33.5 Å². The summed E-state index contributed by atoms with van der Waals surface area (Å²) in [6.07, 6.45) is 8.54. The molecule has 1 saturated heterocycles. The van der Waals surface area contributed by atoms with Crippen LogP contribution in [0, 0.1) is 0 Å². The molecule has 3 heterocycles. The van der Waals surface area contributed by atoms with Gasteiger partial charge in [0.1, 0.15) is 5.82 Å². The Hall–Kier alpha value is -0.870. The third-order valence-electron chi connectivity index (χ3n) is 3.73. The predicted molar refractivity (Wildman–Crippen MR) is 63.8 cm³/mol. The molecule has 0 radical (unpaired) electrons. The highest BCUT2D eigenvalue weighted by molar-refractivity contribution is 5.08. The van der Waals surface area contributed by atoms with Crippen LogP contribution in [0.1, 0.15) is 37.2 Å². The van der Waals surface area contributed by atoms with Crippen LogP contribution in [-0.2, 0) is 24.1 Å². The maximum Gasteiger partial charge on any atom is 0.109 e. The Kier molecular flexibility index (Phi) is 3.16. The van der Waals surface area contributed by atoms with Crippen LogP contribution in [0.25, 0.3) is 0 Å². The lowest BCUT2D eigenvalue weighted by atomic mass is 10.1. The van der Waals surface area contributed by atoms with Crippen LogP contribution in [0.5, 0.6) is 0 Å². The van der Waals surface area contributed by atoms with Gasteiger partial charge in [0.05, 0.1) is 17.9 Å². The fraction of sp³-hybridized carbons (Fsp3) is 0.769. The SMILES string of the molecule is OC1CCc2nc(CC3CCCCO3)cn2C1. The summed E-state index contributed by atoms with van der Waals surface area (Å²) in [7, 11) is 0. The Labute approximate surface area is 102 Å². The molecular formula is C13H20N2O2. The van der Waals surface area contributed by atoms with E-state index in [4.69, 9.17) is 4.74 Å². The molecule has 17 heavy (non-hydrogen) atoms. The van der Waals surface area contributed by atoms with Crippen molar-refractivity contribution in [3.8, 4) is 0 Å². The molecule has 0 aromatic carbocycles. The molecular weight excluding hydrogens is 216 g/mol. The second kappa shape index (κ2) is 4.78. The summed E-state index contributed by atoms with van der Waals surface area (Å²) >= 11 is 0. The molecule has 0 bridgehead atoms. The topological polar surface area (TPSA) is 47.3 Å². The summed E-state index contributed by atoms with van der Waals surface area (Å²) in [5.74, 6) is 1.13. The molecule has 0 spiro atoms. The summed E-state index contributed by atoms with van der Waals surface area (Å²) in [4.78, 5) is 4.65. The summed E-state index contributed by atoms with van der Waals surface area (Å²) < 4.78 is 7.84. The van der Waals surface area contributed by atoms with Crippen LogP contribution in [0.15, 0.2) is 6.20 Å².